The van der Waals surface area contributed by atoms with Gasteiger partial charge in [0.05, 0.1) is 25.0 Å². The molecule has 0 aromatic heterocycles. The maximum Gasteiger partial charge on any atom is 0.354 e. The predicted molar refractivity (Wildman–Crippen MR) is 215 cm³/mol. The molecule has 0 aliphatic carbocycles. The maximum absolute atomic E-state index is 13.1. The van der Waals surface area contributed by atoms with Gasteiger partial charge in [0, 0.05) is 33.2 Å². The van der Waals surface area contributed by atoms with Crippen molar-refractivity contribution < 1.29 is 42.4 Å². The Balaban J connectivity index is 1.61. The summed E-state index contributed by atoms with van der Waals surface area (Å²) >= 11 is 0. The molecule has 300 valence electrons. The summed E-state index contributed by atoms with van der Waals surface area (Å²) in [6.45, 7) is 16.7. The van der Waals surface area contributed by atoms with Crippen molar-refractivity contribution in [3.05, 3.63) is 72.3 Å². The average molecular weight is 769 g/mol. The fourth-order valence-electron chi connectivity index (χ4n) is 6.28. The Bertz CT molecular complexity index is 1510. The van der Waals surface area contributed by atoms with E-state index in [0.29, 0.717) is 6.42 Å². The van der Waals surface area contributed by atoms with E-state index in [1.165, 1.54) is 7.11 Å². The van der Waals surface area contributed by atoms with Gasteiger partial charge in [0.15, 0.2) is 14.4 Å². The summed E-state index contributed by atoms with van der Waals surface area (Å²) in [4.78, 5) is 26.2. The third-order valence-electron chi connectivity index (χ3n) is 10.7. The van der Waals surface area contributed by atoms with E-state index in [2.05, 4.69) is 51.3 Å². The van der Waals surface area contributed by atoms with Crippen LogP contribution in [0.25, 0.3) is 0 Å². The smallest absolute Gasteiger partial charge is 0.354 e. The Morgan fingerprint density at radius 2 is 1.61 bits per heavy atom. The molecule has 1 heterocycles. The minimum absolute atomic E-state index is 0.0223. The van der Waals surface area contributed by atoms with Crippen LogP contribution in [0.4, 0.5) is 5.69 Å². The SMILES string of the molecule is COc1ccc(N/N=C(\C)C(=O)O[C@@H](CCCC[C@H](OC)[C@@H](/C=C/[C@H](C)[C@@H]2OC(=O)[C@H](OC)[C@@H](O[Si](C)(C)C(C)(C)C)[C@@H]2C)OC)c2ccccc2)cc1. The lowest BCUT2D eigenvalue weighted by molar-refractivity contribution is -0.194. The van der Waals surface area contributed by atoms with E-state index < -0.39 is 44.7 Å². The molecule has 0 radical (unpaired) electrons. The molecular formula is C42H64N2O9Si. The maximum atomic E-state index is 13.1. The second-order valence-electron chi connectivity index (χ2n) is 15.6. The molecule has 1 N–H and O–H groups in total. The highest BCUT2D eigenvalue weighted by Gasteiger charge is 2.50. The number of anilines is 1. The number of cyclic esters (lactones) is 1. The number of unbranched alkanes of at least 4 members (excludes halogenated alkanes) is 1. The summed E-state index contributed by atoms with van der Waals surface area (Å²) in [6.07, 6.45) is 4.46. The number of methoxy groups -OCH3 is 4. The lowest BCUT2D eigenvalue weighted by atomic mass is 9.84. The number of rotatable bonds is 20. The molecule has 0 saturated carbocycles. The number of carbonyl (C=O) groups is 2. The van der Waals surface area contributed by atoms with E-state index in [1.807, 2.05) is 73.7 Å². The highest BCUT2D eigenvalue weighted by Crippen LogP contribution is 2.41. The second-order valence-corrected chi connectivity index (χ2v) is 20.4. The summed E-state index contributed by atoms with van der Waals surface area (Å²) in [7, 11) is 4.29. The third kappa shape index (κ3) is 12.5. The van der Waals surface area contributed by atoms with E-state index in [0.717, 1.165) is 36.3 Å². The van der Waals surface area contributed by atoms with E-state index in [-0.39, 0.29) is 34.8 Å². The van der Waals surface area contributed by atoms with Crippen LogP contribution in [0.15, 0.2) is 71.9 Å². The molecule has 2 aromatic carbocycles. The number of hydrogen-bond acceptors (Lipinski definition) is 11. The Hall–Kier alpha value is -3.55. The van der Waals surface area contributed by atoms with Crippen molar-refractivity contribution in [3.8, 4) is 5.75 Å². The standard InChI is InChI=1S/C42H64N2O9Si/c1-28(37-29(2)38(39(50-10)41(46)52-37)53-54(11,12)42(4,5)6)22-27-36(49-9)35(48-8)21-17-16-20-34(31-18-14-13-15-19-31)51-40(45)30(3)43-44-32-23-25-33(47-7)26-24-32/h13-15,18-19,22-29,34-39,44H,16-17,20-21H2,1-12H3/b27-22+,43-30+/t28-,29+,34-,35-,36+,37-,38-,39+/m0/s1. The first kappa shape index (κ1) is 44.8. The molecule has 1 aliphatic rings. The van der Waals surface area contributed by atoms with Crippen LogP contribution in [-0.4, -0.2) is 84.9 Å². The van der Waals surface area contributed by atoms with Crippen LogP contribution in [-0.2, 0) is 37.7 Å². The second kappa shape index (κ2) is 20.9. The molecule has 2 aromatic rings. The molecule has 0 amide bonds. The molecule has 54 heavy (non-hydrogen) atoms. The molecule has 1 fully saturated rings. The Labute approximate surface area is 324 Å². The molecule has 12 heteroatoms. The number of benzene rings is 2. The summed E-state index contributed by atoms with van der Waals surface area (Å²) in [5.74, 6) is -0.358. The van der Waals surface area contributed by atoms with Crippen molar-refractivity contribution in [1.29, 1.82) is 0 Å². The van der Waals surface area contributed by atoms with E-state index in [9.17, 15) is 9.59 Å². The van der Waals surface area contributed by atoms with Crippen molar-refractivity contribution >= 4 is 31.7 Å². The van der Waals surface area contributed by atoms with Gasteiger partial charge < -0.3 is 32.8 Å². The van der Waals surface area contributed by atoms with Crippen LogP contribution in [0.1, 0.15) is 78.9 Å². The van der Waals surface area contributed by atoms with E-state index in [4.69, 9.17) is 32.8 Å². The summed E-state index contributed by atoms with van der Waals surface area (Å²) in [5, 5.41) is 4.21. The van der Waals surface area contributed by atoms with Crippen LogP contribution in [0, 0.1) is 11.8 Å². The van der Waals surface area contributed by atoms with Crippen molar-refractivity contribution in [3.63, 3.8) is 0 Å². The van der Waals surface area contributed by atoms with Gasteiger partial charge in [-0.05, 0) is 74.1 Å². The normalized spacial score (nSPS) is 21.9. The zero-order valence-electron chi connectivity index (χ0n) is 34.4. The van der Waals surface area contributed by atoms with E-state index in [1.54, 1.807) is 28.3 Å². The third-order valence-corrected chi connectivity index (χ3v) is 15.2. The Morgan fingerprint density at radius 3 is 2.19 bits per heavy atom. The zero-order chi connectivity index (χ0) is 40.1. The van der Waals surface area contributed by atoms with Gasteiger partial charge in [0.25, 0.3) is 0 Å². The molecule has 8 atom stereocenters. The van der Waals surface area contributed by atoms with Gasteiger partial charge in [0.2, 0.25) is 0 Å². The minimum atomic E-state index is -2.20. The molecule has 3 rings (SSSR count). The van der Waals surface area contributed by atoms with Gasteiger partial charge in [0.1, 0.15) is 29.8 Å². The highest BCUT2D eigenvalue weighted by atomic mass is 28.4. The summed E-state index contributed by atoms with van der Waals surface area (Å²) in [5.41, 5.74) is 4.76. The number of nitrogens with zero attached hydrogens (tertiary/aromatic N) is 1. The number of ether oxygens (including phenoxy) is 6. The van der Waals surface area contributed by atoms with Crippen LogP contribution in [0.5, 0.6) is 5.75 Å². The number of hydrazone groups is 1. The zero-order valence-corrected chi connectivity index (χ0v) is 35.4. The van der Waals surface area contributed by atoms with Crippen molar-refractivity contribution in [1.82, 2.24) is 0 Å². The largest absolute Gasteiger partial charge is 0.497 e. The first-order chi connectivity index (χ1) is 25.6. The molecule has 0 bridgehead atoms. The quantitative estimate of drug-likeness (QED) is 0.0350. The fourth-order valence-corrected chi connectivity index (χ4v) is 7.66. The molecule has 0 spiro atoms. The van der Waals surface area contributed by atoms with Gasteiger partial charge >= 0.3 is 11.9 Å². The minimum Gasteiger partial charge on any atom is -0.497 e. The van der Waals surface area contributed by atoms with Crippen LogP contribution in [0.3, 0.4) is 0 Å². The van der Waals surface area contributed by atoms with Crippen molar-refractivity contribution in [2.75, 3.05) is 33.9 Å². The van der Waals surface area contributed by atoms with Crippen LogP contribution in [0.2, 0.25) is 18.1 Å². The van der Waals surface area contributed by atoms with Crippen LogP contribution < -0.4 is 10.2 Å². The monoisotopic (exact) mass is 768 g/mol. The van der Waals surface area contributed by atoms with Crippen molar-refractivity contribution in [2.24, 2.45) is 16.9 Å². The Morgan fingerprint density at radius 1 is 0.963 bits per heavy atom. The molecule has 1 saturated heterocycles. The van der Waals surface area contributed by atoms with Gasteiger partial charge in [-0.25, -0.2) is 9.59 Å². The van der Waals surface area contributed by atoms with Crippen molar-refractivity contribution in [2.45, 2.75) is 122 Å². The number of carbonyl (C=O) groups excluding carboxylic acids is 2. The fraction of sp³-hybridized carbons (Fsp3) is 0.595. The molecular weight excluding hydrogens is 705 g/mol. The topological polar surface area (TPSA) is 123 Å². The van der Waals surface area contributed by atoms with Gasteiger partial charge in [-0.2, -0.15) is 5.10 Å². The first-order valence-electron chi connectivity index (χ1n) is 18.9. The Kier molecular flexibility index (Phi) is 17.4. The summed E-state index contributed by atoms with van der Waals surface area (Å²) in [6, 6.07) is 17.0. The van der Waals surface area contributed by atoms with E-state index >= 15 is 0 Å². The highest BCUT2D eigenvalue weighted by molar-refractivity contribution is 6.74. The molecule has 0 unspecified atom stereocenters. The predicted octanol–water partition coefficient (Wildman–Crippen LogP) is 8.52. The first-order valence-corrected chi connectivity index (χ1v) is 21.8. The van der Waals surface area contributed by atoms with Gasteiger partial charge in [-0.3, -0.25) is 5.43 Å². The van der Waals surface area contributed by atoms with Gasteiger partial charge in [-0.15, -0.1) is 0 Å². The molecule has 1 aliphatic heterocycles. The number of hydrogen-bond donors (Lipinski definition) is 1. The lowest BCUT2D eigenvalue weighted by Gasteiger charge is -2.47. The summed E-state index contributed by atoms with van der Waals surface area (Å²) < 4.78 is 41.3. The average Bonchev–Trinajstić information content (AvgIpc) is 3.15. The lowest BCUT2D eigenvalue weighted by Crippen LogP contribution is -2.58. The van der Waals surface area contributed by atoms with Crippen LogP contribution >= 0.6 is 0 Å². The number of esters is 2. The number of nitrogens with one attached hydrogen (secondary N) is 1. The van der Waals surface area contributed by atoms with Gasteiger partial charge in [-0.1, -0.05) is 83.5 Å². The molecule has 11 nitrogen and oxygen atoms in total.